The van der Waals surface area contributed by atoms with Crippen LogP contribution in [0.3, 0.4) is 0 Å². The summed E-state index contributed by atoms with van der Waals surface area (Å²) in [5.74, 6) is 0.532. The lowest BCUT2D eigenvalue weighted by atomic mass is 9.91. The highest BCUT2D eigenvalue weighted by Gasteiger charge is 2.26. The normalized spacial score (nSPS) is 20.1. The Hall–Kier alpha value is -1.39. The van der Waals surface area contributed by atoms with Gasteiger partial charge in [0.15, 0.2) is 0 Å². The molecule has 1 aliphatic rings. The minimum absolute atomic E-state index is 0.121. The van der Waals surface area contributed by atoms with Crippen LogP contribution < -0.4 is 5.73 Å². The van der Waals surface area contributed by atoms with Gasteiger partial charge in [0.2, 0.25) is 0 Å². The zero-order valence-corrected chi connectivity index (χ0v) is 14.3. The number of hydrogen-bond acceptors (Lipinski definition) is 2. The van der Waals surface area contributed by atoms with E-state index in [9.17, 15) is 4.79 Å². The Morgan fingerprint density at radius 3 is 2.77 bits per heavy atom. The maximum Gasteiger partial charge on any atom is 0.253 e. The Labute approximate surface area is 139 Å². The number of nitrogens with two attached hydrogens (primary N) is 1. The summed E-state index contributed by atoms with van der Waals surface area (Å²) in [6.45, 7) is 3.64. The molecule has 0 radical (unpaired) electrons. The van der Waals surface area contributed by atoms with E-state index in [1.54, 1.807) is 0 Å². The maximum atomic E-state index is 12.8. The lowest BCUT2D eigenvalue weighted by molar-refractivity contribution is 0.0661. The minimum atomic E-state index is 0.121. The van der Waals surface area contributed by atoms with E-state index in [1.807, 2.05) is 42.2 Å². The number of halogens is 1. The number of fused-ring (bicyclic) bond motifs is 1. The molecule has 116 valence electrons. The molecule has 1 amide bonds. The van der Waals surface area contributed by atoms with E-state index >= 15 is 0 Å². The van der Waals surface area contributed by atoms with Crippen LogP contribution in [0.2, 0.25) is 0 Å². The summed E-state index contributed by atoms with van der Waals surface area (Å²) in [7, 11) is 0. The predicted octanol–water partition coefficient (Wildman–Crippen LogP) is 3.80. The summed E-state index contributed by atoms with van der Waals surface area (Å²) < 4.78 is 1.05. The Bertz CT molecular complexity index is 699. The van der Waals surface area contributed by atoms with E-state index in [0.717, 1.165) is 46.7 Å². The van der Waals surface area contributed by atoms with Gasteiger partial charge in [0.25, 0.3) is 5.91 Å². The lowest BCUT2D eigenvalue weighted by Crippen LogP contribution is -2.45. The molecule has 1 fully saturated rings. The molecule has 0 spiro atoms. The second kappa shape index (κ2) is 6.39. The van der Waals surface area contributed by atoms with Gasteiger partial charge < -0.3 is 10.6 Å². The van der Waals surface area contributed by atoms with Crippen LogP contribution in [0.25, 0.3) is 10.8 Å². The van der Waals surface area contributed by atoms with E-state index in [0.29, 0.717) is 5.92 Å². The van der Waals surface area contributed by atoms with E-state index < -0.39 is 0 Å². The van der Waals surface area contributed by atoms with Crippen molar-refractivity contribution in [1.29, 1.82) is 0 Å². The molecule has 1 saturated heterocycles. The molecule has 1 aliphatic heterocycles. The van der Waals surface area contributed by atoms with Crippen LogP contribution >= 0.6 is 15.9 Å². The number of benzene rings is 2. The number of carbonyl (C=O) groups excluding carboxylic acids is 1. The van der Waals surface area contributed by atoms with Gasteiger partial charge in [-0.25, -0.2) is 0 Å². The van der Waals surface area contributed by atoms with Gasteiger partial charge in [0, 0.05) is 29.2 Å². The van der Waals surface area contributed by atoms with Gasteiger partial charge in [0.1, 0.15) is 0 Å². The molecule has 2 aromatic rings. The Kier molecular flexibility index (Phi) is 4.50. The molecule has 2 atom stereocenters. The number of amides is 1. The molecular weight excluding hydrogens is 340 g/mol. The highest BCUT2D eigenvalue weighted by molar-refractivity contribution is 9.10. The molecule has 0 aliphatic carbocycles. The number of carbonyl (C=O) groups is 1. The number of hydrogen-bond donors (Lipinski definition) is 1. The molecule has 1 heterocycles. The minimum Gasteiger partial charge on any atom is -0.338 e. The molecule has 0 aromatic heterocycles. The fourth-order valence-electron chi connectivity index (χ4n) is 3.16. The first-order valence-corrected chi connectivity index (χ1v) is 8.58. The third kappa shape index (κ3) is 3.18. The first-order chi connectivity index (χ1) is 10.5. The largest absolute Gasteiger partial charge is 0.338 e. The predicted molar refractivity (Wildman–Crippen MR) is 93.9 cm³/mol. The average Bonchev–Trinajstić information content (AvgIpc) is 2.53. The van der Waals surface area contributed by atoms with Gasteiger partial charge in [-0.2, -0.15) is 0 Å². The van der Waals surface area contributed by atoms with Crippen molar-refractivity contribution in [3.8, 4) is 0 Å². The Balaban J connectivity index is 1.84. The molecule has 22 heavy (non-hydrogen) atoms. The molecule has 3 nitrogen and oxygen atoms in total. The van der Waals surface area contributed by atoms with Crippen LogP contribution in [0.15, 0.2) is 40.9 Å². The van der Waals surface area contributed by atoms with Crippen LogP contribution in [-0.4, -0.2) is 29.9 Å². The van der Waals surface area contributed by atoms with Gasteiger partial charge in [-0.05, 0) is 60.7 Å². The van der Waals surface area contributed by atoms with Gasteiger partial charge in [-0.15, -0.1) is 0 Å². The molecular formula is C18H21BrN2O. The topological polar surface area (TPSA) is 46.3 Å². The van der Waals surface area contributed by atoms with E-state index in [2.05, 4.69) is 22.0 Å². The van der Waals surface area contributed by atoms with Crippen LogP contribution in [-0.2, 0) is 0 Å². The Morgan fingerprint density at radius 1 is 1.27 bits per heavy atom. The van der Waals surface area contributed by atoms with Gasteiger partial charge in [0.05, 0.1) is 0 Å². The van der Waals surface area contributed by atoms with Crippen LogP contribution in [0, 0.1) is 5.92 Å². The average molecular weight is 361 g/mol. The van der Waals surface area contributed by atoms with Crippen molar-refractivity contribution < 1.29 is 4.79 Å². The monoisotopic (exact) mass is 360 g/mol. The summed E-state index contributed by atoms with van der Waals surface area (Å²) in [6, 6.07) is 12.2. The second-order valence-electron chi connectivity index (χ2n) is 6.22. The van der Waals surface area contributed by atoms with Crippen molar-refractivity contribution >= 4 is 32.6 Å². The van der Waals surface area contributed by atoms with Crippen molar-refractivity contribution in [2.45, 2.75) is 25.8 Å². The summed E-state index contributed by atoms with van der Waals surface area (Å²) in [6.07, 6.45) is 2.16. The Morgan fingerprint density at radius 2 is 2.00 bits per heavy atom. The zero-order valence-electron chi connectivity index (χ0n) is 12.8. The van der Waals surface area contributed by atoms with E-state index in [4.69, 9.17) is 5.73 Å². The van der Waals surface area contributed by atoms with Gasteiger partial charge in [-0.1, -0.05) is 28.1 Å². The molecule has 0 saturated carbocycles. The maximum absolute atomic E-state index is 12.8. The molecule has 0 bridgehead atoms. The molecule has 2 aromatic carbocycles. The standard InChI is InChI=1S/C18H21BrN2O/c1-12(20)16-3-2-8-21(11-16)18(22)15-5-4-14-10-17(19)7-6-13(14)9-15/h4-7,9-10,12,16H,2-3,8,11,20H2,1H3. The quantitative estimate of drug-likeness (QED) is 0.884. The van der Waals surface area contributed by atoms with Gasteiger partial charge >= 0.3 is 0 Å². The highest BCUT2D eigenvalue weighted by atomic mass is 79.9. The number of nitrogens with zero attached hydrogens (tertiary/aromatic N) is 1. The molecule has 3 rings (SSSR count). The van der Waals surface area contributed by atoms with Crippen LogP contribution in [0.5, 0.6) is 0 Å². The summed E-state index contributed by atoms with van der Waals surface area (Å²) in [4.78, 5) is 14.7. The highest BCUT2D eigenvalue weighted by Crippen LogP contribution is 2.24. The SMILES string of the molecule is CC(N)C1CCCN(C(=O)c2ccc3cc(Br)ccc3c2)C1. The third-order valence-corrected chi connectivity index (χ3v) is 5.03. The summed E-state index contributed by atoms with van der Waals surface area (Å²) in [5.41, 5.74) is 6.78. The fourth-order valence-corrected chi connectivity index (χ4v) is 3.53. The number of piperidine rings is 1. The van der Waals surface area contributed by atoms with Crippen molar-refractivity contribution in [2.24, 2.45) is 11.7 Å². The summed E-state index contributed by atoms with van der Waals surface area (Å²) >= 11 is 3.48. The van der Waals surface area contributed by atoms with Crippen molar-refractivity contribution in [3.05, 3.63) is 46.4 Å². The second-order valence-corrected chi connectivity index (χ2v) is 7.13. The van der Waals surface area contributed by atoms with Crippen molar-refractivity contribution in [1.82, 2.24) is 4.90 Å². The van der Waals surface area contributed by atoms with Crippen molar-refractivity contribution in [2.75, 3.05) is 13.1 Å². The fraction of sp³-hybridized carbons (Fsp3) is 0.389. The smallest absolute Gasteiger partial charge is 0.253 e. The van der Waals surface area contributed by atoms with Crippen LogP contribution in [0.4, 0.5) is 0 Å². The van der Waals surface area contributed by atoms with E-state index in [-0.39, 0.29) is 11.9 Å². The third-order valence-electron chi connectivity index (χ3n) is 4.54. The van der Waals surface area contributed by atoms with Crippen molar-refractivity contribution in [3.63, 3.8) is 0 Å². The van der Waals surface area contributed by atoms with Crippen LogP contribution in [0.1, 0.15) is 30.1 Å². The molecule has 2 N–H and O–H groups in total. The number of rotatable bonds is 2. The summed E-state index contributed by atoms with van der Waals surface area (Å²) in [5, 5.41) is 2.23. The first-order valence-electron chi connectivity index (χ1n) is 7.79. The zero-order chi connectivity index (χ0) is 15.7. The van der Waals surface area contributed by atoms with E-state index in [1.165, 1.54) is 0 Å². The number of likely N-dealkylation sites (tertiary alicyclic amines) is 1. The molecule has 4 heteroatoms. The molecule has 2 unspecified atom stereocenters. The van der Waals surface area contributed by atoms with Gasteiger partial charge in [-0.3, -0.25) is 4.79 Å². The lowest BCUT2D eigenvalue weighted by Gasteiger charge is -2.34. The first kappa shape index (κ1) is 15.5.